The van der Waals surface area contributed by atoms with Crippen LogP contribution in [-0.4, -0.2) is 31.3 Å². The SMILES string of the molecule is CC[Si](CC)(CC)C(C)(O)C(N)=NC. The van der Waals surface area contributed by atoms with Gasteiger partial charge in [-0.15, -0.1) is 0 Å². The smallest absolute Gasteiger partial charge is 0.122 e. The van der Waals surface area contributed by atoms with Crippen molar-refractivity contribution in [2.75, 3.05) is 7.05 Å². The van der Waals surface area contributed by atoms with Gasteiger partial charge in [-0.1, -0.05) is 38.9 Å². The van der Waals surface area contributed by atoms with E-state index >= 15 is 0 Å². The second-order valence-corrected chi connectivity index (χ2v) is 9.68. The molecule has 1 unspecified atom stereocenters. The highest BCUT2D eigenvalue weighted by Crippen LogP contribution is 2.32. The average molecular weight is 216 g/mol. The van der Waals surface area contributed by atoms with Gasteiger partial charge >= 0.3 is 0 Å². The highest BCUT2D eigenvalue weighted by Gasteiger charge is 2.47. The van der Waals surface area contributed by atoms with Crippen molar-refractivity contribution in [2.45, 2.75) is 51.1 Å². The Hall–Kier alpha value is -0.353. The molecule has 4 heteroatoms. The van der Waals surface area contributed by atoms with Crippen molar-refractivity contribution >= 4 is 13.9 Å². The molecule has 3 N–H and O–H groups in total. The Kier molecular flexibility index (Phi) is 4.81. The van der Waals surface area contributed by atoms with Gasteiger partial charge in [0.25, 0.3) is 0 Å². The molecule has 0 fully saturated rings. The van der Waals surface area contributed by atoms with Crippen LogP contribution in [0.3, 0.4) is 0 Å². The summed E-state index contributed by atoms with van der Waals surface area (Å²) in [5, 5.41) is 9.64. The summed E-state index contributed by atoms with van der Waals surface area (Å²) in [6.07, 6.45) is 0. The van der Waals surface area contributed by atoms with Crippen molar-refractivity contribution in [2.24, 2.45) is 10.7 Å². The van der Waals surface area contributed by atoms with Crippen LogP contribution in [0.2, 0.25) is 18.1 Å². The molecule has 0 aliphatic rings. The molecular formula is C10H24N2OSi. The largest absolute Gasteiger partial charge is 0.386 e. The summed E-state index contributed by atoms with van der Waals surface area (Å²) >= 11 is 0. The maximum atomic E-state index is 10.5. The summed E-state index contributed by atoms with van der Waals surface area (Å²) < 4.78 is 0. The van der Waals surface area contributed by atoms with Crippen molar-refractivity contribution in [3.63, 3.8) is 0 Å². The van der Waals surface area contributed by atoms with E-state index in [1.165, 1.54) is 0 Å². The third-order valence-corrected chi connectivity index (χ3v) is 10.2. The number of amidine groups is 1. The quantitative estimate of drug-likeness (QED) is 0.418. The van der Waals surface area contributed by atoms with Gasteiger partial charge in [0.15, 0.2) is 0 Å². The van der Waals surface area contributed by atoms with E-state index in [1.807, 2.05) is 6.92 Å². The summed E-state index contributed by atoms with van der Waals surface area (Å²) in [4.78, 5) is 3.95. The summed E-state index contributed by atoms with van der Waals surface area (Å²) in [5.41, 5.74) is 5.80. The van der Waals surface area contributed by atoms with E-state index in [-0.39, 0.29) is 0 Å². The second-order valence-electron chi connectivity index (χ2n) is 4.02. The summed E-state index contributed by atoms with van der Waals surface area (Å²) in [5.74, 6) is 0.398. The van der Waals surface area contributed by atoms with Crippen LogP contribution in [0.25, 0.3) is 0 Å². The number of rotatable bonds is 5. The normalized spacial score (nSPS) is 18.0. The fraction of sp³-hybridized carbons (Fsp3) is 0.900. The minimum Gasteiger partial charge on any atom is -0.386 e. The van der Waals surface area contributed by atoms with Crippen molar-refractivity contribution in [1.82, 2.24) is 0 Å². The lowest BCUT2D eigenvalue weighted by Crippen LogP contribution is -2.62. The molecule has 1 atom stereocenters. The molecule has 0 aliphatic carbocycles. The lowest BCUT2D eigenvalue weighted by Gasteiger charge is -2.41. The zero-order valence-corrected chi connectivity index (χ0v) is 11.1. The Morgan fingerprint density at radius 1 is 1.29 bits per heavy atom. The Morgan fingerprint density at radius 3 is 1.86 bits per heavy atom. The molecule has 0 rings (SSSR count). The summed E-state index contributed by atoms with van der Waals surface area (Å²) in [7, 11) is -0.0865. The van der Waals surface area contributed by atoms with E-state index in [0.717, 1.165) is 18.1 Å². The first kappa shape index (κ1) is 13.6. The van der Waals surface area contributed by atoms with Crippen LogP contribution in [0.1, 0.15) is 27.7 Å². The van der Waals surface area contributed by atoms with Crippen LogP contribution in [0.5, 0.6) is 0 Å². The van der Waals surface area contributed by atoms with Crippen LogP contribution in [0, 0.1) is 0 Å². The van der Waals surface area contributed by atoms with Crippen LogP contribution in [-0.2, 0) is 0 Å². The zero-order chi connectivity index (χ0) is 11.4. The maximum Gasteiger partial charge on any atom is 0.122 e. The molecular weight excluding hydrogens is 192 g/mol. The minimum atomic E-state index is -1.73. The van der Waals surface area contributed by atoms with Crippen LogP contribution < -0.4 is 5.73 Å². The van der Waals surface area contributed by atoms with Gasteiger partial charge in [0.1, 0.15) is 11.1 Å². The lowest BCUT2D eigenvalue weighted by atomic mass is 10.3. The molecule has 0 aliphatic heterocycles. The van der Waals surface area contributed by atoms with Gasteiger partial charge in [-0.05, 0) is 6.92 Å². The molecule has 0 saturated carbocycles. The summed E-state index contributed by atoms with van der Waals surface area (Å²) in [6.45, 7) is 8.28. The number of hydrogen-bond donors (Lipinski definition) is 2. The molecule has 0 aromatic heterocycles. The van der Waals surface area contributed by atoms with Crippen LogP contribution in [0.15, 0.2) is 4.99 Å². The Balaban J connectivity index is 5.18. The average Bonchev–Trinajstić information content (AvgIpc) is 2.19. The Morgan fingerprint density at radius 2 is 1.64 bits per heavy atom. The molecule has 0 saturated heterocycles. The van der Waals surface area contributed by atoms with E-state index in [4.69, 9.17) is 5.73 Å². The van der Waals surface area contributed by atoms with E-state index < -0.39 is 13.3 Å². The first-order valence-electron chi connectivity index (χ1n) is 5.37. The van der Waals surface area contributed by atoms with Gasteiger partial charge in [0.05, 0.1) is 8.07 Å². The van der Waals surface area contributed by atoms with Gasteiger partial charge in [0.2, 0.25) is 0 Å². The minimum absolute atomic E-state index is 0.398. The number of nitrogens with two attached hydrogens (primary N) is 1. The standard InChI is InChI=1S/C10H24N2OSi/c1-6-14(7-2,8-3)10(4,13)9(11)12-5/h13H,6-8H2,1-5H3,(H2,11,12). The highest BCUT2D eigenvalue weighted by atomic mass is 28.3. The van der Waals surface area contributed by atoms with Gasteiger partial charge in [0, 0.05) is 7.05 Å². The summed E-state index contributed by atoms with van der Waals surface area (Å²) in [6, 6.07) is 3.13. The van der Waals surface area contributed by atoms with Crippen molar-refractivity contribution in [1.29, 1.82) is 0 Å². The number of aliphatic imine (C=N–C) groups is 1. The Bertz CT molecular complexity index is 202. The topological polar surface area (TPSA) is 58.6 Å². The number of hydrogen-bond acceptors (Lipinski definition) is 2. The molecule has 0 heterocycles. The fourth-order valence-corrected chi connectivity index (χ4v) is 6.49. The van der Waals surface area contributed by atoms with Gasteiger partial charge in [-0.2, -0.15) is 0 Å². The van der Waals surface area contributed by atoms with Gasteiger partial charge in [-0.3, -0.25) is 4.99 Å². The first-order chi connectivity index (χ1) is 6.41. The number of nitrogens with zero attached hydrogens (tertiary/aromatic N) is 1. The predicted octanol–water partition coefficient (Wildman–Crippen LogP) is 1.77. The third-order valence-electron chi connectivity index (χ3n) is 3.80. The van der Waals surface area contributed by atoms with Crippen LogP contribution in [0.4, 0.5) is 0 Å². The van der Waals surface area contributed by atoms with E-state index in [9.17, 15) is 5.11 Å². The lowest BCUT2D eigenvalue weighted by molar-refractivity contribution is 0.201. The monoisotopic (exact) mass is 216 g/mol. The maximum absolute atomic E-state index is 10.5. The fourth-order valence-electron chi connectivity index (χ4n) is 2.27. The molecule has 3 nitrogen and oxygen atoms in total. The highest BCUT2D eigenvalue weighted by molar-refractivity contribution is 6.85. The Labute approximate surface area is 88.4 Å². The van der Waals surface area contributed by atoms with Crippen molar-refractivity contribution in [3.05, 3.63) is 0 Å². The zero-order valence-electron chi connectivity index (χ0n) is 10.1. The molecule has 0 radical (unpaired) electrons. The molecule has 0 amide bonds. The molecule has 0 spiro atoms. The third kappa shape index (κ3) is 2.01. The first-order valence-corrected chi connectivity index (χ1v) is 7.99. The number of aliphatic hydroxyl groups is 1. The molecule has 84 valence electrons. The molecule has 0 aromatic rings. The molecule has 0 bridgehead atoms. The molecule has 14 heavy (non-hydrogen) atoms. The predicted molar refractivity (Wildman–Crippen MR) is 65.4 cm³/mol. The van der Waals surface area contributed by atoms with Crippen molar-refractivity contribution in [3.8, 4) is 0 Å². The second kappa shape index (κ2) is 4.93. The molecule has 0 aromatic carbocycles. The van der Waals surface area contributed by atoms with Crippen LogP contribution >= 0.6 is 0 Å². The van der Waals surface area contributed by atoms with E-state index in [0.29, 0.717) is 5.84 Å². The van der Waals surface area contributed by atoms with Gasteiger partial charge < -0.3 is 10.8 Å². The van der Waals surface area contributed by atoms with E-state index in [1.54, 1.807) is 7.05 Å². The van der Waals surface area contributed by atoms with Crippen molar-refractivity contribution < 1.29 is 5.11 Å². The van der Waals surface area contributed by atoms with E-state index in [2.05, 4.69) is 25.8 Å². The van der Waals surface area contributed by atoms with Gasteiger partial charge in [-0.25, -0.2) is 0 Å².